The van der Waals surface area contributed by atoms with Crippen LogP contribution in [0.5, 0.6) is 0 Å². The summed E-state index contributed by atoms with van der Waals surface area (Å²) in [6.07, 6.45) is 3.70. The summed E-state index contributed by atoms with van der Waals surface area (Å²) in [4.78, 5) is 6.60. The van der Waals surface area contributed by atoms with Crippen LogP contribution < -0.4 is 5.32 Å². The van der Waals surface area contributed by atoms with E-state index in [1.807, 2.05) is 20.8 Å². The van der Waals surface area contributed by atoms with Crippen molar-refractivity contribution in [3.05, 3.63) is 32.7 Å². The second-order valence-corrected chi connectivity index (χ2v) is 10.9. The predicted octanol–water partition coefficient (Wildman–Crippen LogP) is 5.63. The predicted molar refractivity (Wildman–Crippen MR) is 117 cm³/mol. The van der Waals surface area contributed by atoms with Gasteiger partial charge in [0.2, 0.25) is 0 Å². The van der Waals surface area contributed by atoms with Crippen LogP contribution in [-0.2, 0) is 24.1 Å². The van der Waals surface area contributed by atoms with Gasteiger partial charge in [0.15, 0.2) is 6.23 Å². The lowest BCUT2D eigenvalue weighted by Gasteiger charge is -2.32. The molecule has 4 heterocycles. The Hall–Kier alpha value is -1.13. The lowest BCUT2D eigenvalue weighted by molar-refractivity contribution is 0.127. The van der Waals surface area contributed by atoms with Crippen LogP contribution in [0.4, 0.5) is 0 Å². The molecule has 152 valence electrons. The fourth-order valence-electron chi connectivity index (χ4n) is 5.30. The number of nitrogens with one attached hydrogen (secondary N) is 1. The van der Waals surface area contributed by atoms with E-state index in [1.165, 1.54) is 16.0 Å². The molecule has 0 saturated carbocycles. The molecule has 1 aromatic heterocycles. The topological polar surface area (TPSA) is 33.6 Å². The monoisotopic (exact) mass is 403 g/mol. The van der Waals surface area contributed by atoms with Crippen molar-refractivity contribution in [3.63, 3.8) is 0 Å². The van der Waals surface area contributed by atoms with Crippen molar-refractivity contribution in [2.24, 2.45) is 22.2 Å². The number of fused-ring (bicyclic) bond motifs is 4. The number of nitrogens with zero attached hydrogens (tertiary/aromatic N) is 1. The number of allylic oxidation sites excluding steroid dienone is 1. The second-order valence-electron chi connectivity index (χ2n) is 9.75. The zero-order chi connectivity index (χ0) is 23.8. The summed E-state index contributed by atoms with van der Waals surface area (Å²) < 4.78 is 46.9. The van der Waals surface area contributed by atoms with E-state index in [0.29, 0.717) is 18.1 Å². The van der Waals surface area contributed by atoms with Crippen LogP contribution in [0.1, 0.15) is 81.9 Å². The van der Waals surface area contributed by atoms with Gasteiger partial charge in [0.1, 0.15) is 5.76 Å². The molecular formula is C24H34N2OS. The number of ether oxygens (including phenoxy) is 1. The van der Waals surface area contributed by atoms with Crippen molar-refractivity contribution in [3.8, 4) is 0 Å². The minimum absolute atomic E-state index is 0.185. The summed E-state index contributed by atoms with van der Waals surface area (Å²) in [5.41, 5.74) is 2.42. The molecule has 1 fully saturated rings. The summed E-state index contributed by atoms with van der Waals surface area (Å²) in [6.45, 7) is 4.49. The van der Waals surface area contributed by atoms with Crippen LogP contribution in [0.15, 0.2) is 22.4 Å². The molecule has 1 saturated heterocycles. The van der Waals surface area contributed by atoms with Crippen molar-refractivity contribution < 1.29 is 11.6 Å². The number of hydrogen-bond acceptors (Lipinski definition) is 4. The maximum Gasteiger partial charge on any atom is 0.192 e. The molecule has 4 atom stereocenters. The van der Waals surface area contributed by atoms with Gasteiger partial charge in [0.25, 0.3) is 0 Å². The number of hydrogen-bond donors (Lipinski definition) is 1. The Bertz CT molecular complexity index is 1000. The number of rotatable bonds is 2. The van der Waals surface area contributed by atoms with Gasteiger partial charge >= 0.3 is 0 Å². The Morgan fingerprint density at radius 1 is 1.36 bits per heavy atom. The fraction of sp³-hybridized carbons (Fsp3) is 0.708. The second kappa shape index (κ2) is 6.98. The van der Waals surface area contributed by atoms with E-state index in [2.05, 4.69) is 16.4 Å². The SMILES string of the molecule is [2H]C([2H])([2H])C1=NC2OC3=C([C@H]4Cc5cc(C([2H])([2H])C(C)(C)C)sc5CN4)CCCC3C2CC1. The minimum atomic E-state index is -2.13. The Labute approximate surface area is 180 Å². The van der Waals surface area contributed by atoms with E-state index in [-0.39, 0.29) is 18.2 Å². The smallest absolute Gasteiger partial charge is 0.192 e. The van der Waals surface area contributed by atoms with Gasteiger partial charge in [0, 0.05) is 46.7 Å². The molecular weight excluding hydrogens is 364 g/mol. The molecule has 0 aromatic carbocycles. The molecule has 4 aliphatic rings. The quantitative estimate of drug-likeness (QED) is 0.694. The first-order valence-electron chi connectivity index (χ1n) is 13.2. The third-order valence-electron chi connectivity index (χ3n) is 6.49. The number of aliphatic imine (C=N–C) groups is 1. The Kier molecular flexibility index (Phi) is 3.49. The van der Waals surface area contributed by atoms with E-state index in [9.17, 15) is 0 Å². The van der Waals surface area contributed by atoms with Gasteiger partial charge in [-0.05, 0) is 74.4 Å². The van der Waals surface area contributed by atoms with Gasteiger partial charge in [-0.2, -0.15) is 0 Å². The first kappa shape index (κ1) is 14.0. The molecule has 3 aliphatic heterocycles. The summed E-state index contributed by atoms with van der Waals surface area (Å²) in [7, 11) is 0. The van der Waals surface area contributed by atoms with Crippen molar-refractivity contribution in [2.75, 3.05) is 0 Å². The molecule has 1 N–H and O–H groups in total. The van der Waals surface area contributed by atoms with E-state index >= 15 is 0 Å². The highest BCUT2D eigenvalue weighted by atomic mass is 32.1. The van der Waals surface area contributed by atoms with Crippen LogP contribution in [0.25, 0.3) is 0 Å². The molecule has 4 heteroatoms. The largest absolute Gasteiger partial charge is 0.472 e. The molecule has 3 unspecified atom stereocenters. The van der Waals surface area contributed by atoms with E-state index in [0.717, 1.165) is 49.3 Å². The van der Waals surface area contributed by atoms with Gasteiger partial charge in [-0.3, -0.25) is 4.99 Å². The number of thiophene rings is 1. The highest BCUT2D eigenvalue weighted by molar-refractivity contribution is 7.12. The highest BCUT2D eigenvalue weighted by Crippen LogP contribution is 2.49. The normalized spacial score (nSPS) is 36.0. The Morgan fingerprint density at radius 3 is 3.07 bits per heavy atom. The lowest BCUT2D eigenvalue weighted by Crippen LogP contribution is -2.38. The van der Waals surface area contributed by atoms with E-state index in [4.69, 9.17) is 11.6 Å². The average molecular weight is 404 g/mol. The lowest BCUT2D eigenvalue weighted by atomic mass is 9.76. The van der Waals surface area contributed by atoms with Gasteiger partial charge in [-0.1, -0.05) is 20.8 Å². The average Bonchev–Trinajstić information content (AvgIpc) is 3.32. The van der Waals surface area contributed by atoms with E-state index in [1.54, 1.807) is 11.3 Å². The van der Waals surface area contributed by atoms with Crippen molar-refractivity contribution in [1.29, 1.82) is 0 Å². The van der Waals surface area contributed by atoms with Crippen molar-refractivity contribution in [2.45, 2.75) is 91.3 Å². The molecule has 3 nitrogen and oxygen atoms in total. The fourth-order valence-corrected chi connectivity index (χ4v) is 6.55. The molecule has 0 bridgehead atoms. The first-order chi connectivity index (χ1) is 15.4. The third kappa shape index (κ3) is 3.47. The maximum atomic E-state index is 8.67. The zero-order valence-electron chi connectivity index (χ0n) is 22.1. The molecule has 0 radical (unpaired) electrons. The summed E-state index contributed by atoms with van der Waals surface area (Å²) in [6, 6.07) is 2.27. The van der Waals surface area contributed by atoms with Crippen molar-refractivity contribution in [1.82, 2.24) is 5.32 Å². The van der Waals surface area contributed by atoms with E-state index < -0.39 is 18.6 Å². The van der Waals surface area contributed by atoms with Crippen LogP contribution in [0, 0.1) is 17.3 Å². The summed E-state index contributed by atoms with van der Waals surface area (Å²) in [5, 5.41) is 3.70. The molecule has 5 rings (SSSR count). The Morgan fingerprint density at radius 2 is 2.25 bits per heavy atom. The Balaban J connectivity index is 1.41. The van der Waals surface area contributed by atoms with Crippen LogP contribution in [0.3, 0.4) is 0 Å². The molecule has 1 aliphatic carbocycles. The van der Waals surface area contributed by atoms with Gasteiger partial charge < -0.3 is 10.1 Å². The molecule has 28 heavy (non-hydrogen) atoms. The standard InChI is InChI=1S/C24H34N2OS/c1-14-8-9-18-17-6-5-7-19(22(17)27-23(18)26-14)20-11-15-10-16(12-24(2,3)4)28-21(15)13-25-20/h10,17-18,20,23,25H,5-9,11-13H2,1-4H3/t17?,18?,20-,23?/m1/s1/i1D3,12D2. The van der Waals surface area contributed by atoms with Gasteiger partial charge in [-0.25, -0.2) is 0 Å². The summed E-state index contributed by atoms with van der Waals surface area (Å²) >= 11 is 1.60. The van der Waals surface area contributed by atoms with Crippen LogP contribution in [0.2, 0.25) is 0 Å². The zero-order valence-corrected chi connectivity index (χ0v) is 17.9. The summed E-state index contributed by atoms with van der Waals surface area (Å²) in [5.74, 6) is 1.69. The maximum absolute atomic E-state index is 8.67. The van der Waals surface area contributed by atoms with Gasteiger partial charge in [-0.15, -0.1) is 11.3 Å². The van der Waals surface area contributed by atoms with Gasteiger partial charge in [0.05, 0.1) is 0 Å². The molecule has 0 spiro atoms. The first-order valence-corrected chi connectivity index (χ1v) is 11.5. The molecule has 1 aromatic rings. The molecule has 0 amide bonds. The van der Waals surface area contributed by atoms with Crippen LogP contribution in [-0.4, -0.2) is 18.0 Å². The van der Waals surface area contributed by atoms with Crippen LogP contribution >= 0.6 is 11.3 Å². The third-order valence-corrected chi connectivity index (χ3v) is 7.58. The van der Waals surface area contributed by atoms with Crippen molar-refractivity contribution >= 4 is 17.0 Å². The minimum Gasteiger partial charge on any atom is -0.472 e. The highest BCUT2D eigenvalue weighted by Gasteiger charge is 2.46.